The Kier molecular flexibility index (Phi) is 4.42. The number of rotatable bonds is 5. The van der Waals surface area contributed by atoms with Gasteiger partial charge in [0.15, 0.2) is 5.78 Å². The number of hydrogen-bond donors (Lipinski definition) is 0. The van der Waals surface area contributed by atoms with Crippen LogP contribution < -0.4 is 4.74 Å². The second-order valence-corrected chi connectivity index (χ2v) is 5.71. The zero-order valence-electron chi connectivity index (χ0n) is 13.5. The third kappa shape index (κ3) is 3.26. The smallest absolute Gasteiger partial charge is 0.166 e. The van der Waals surface area contributed by atoms with E-state index in [-0.39, 0.29) is 5.78 Å². The van der Waals surface area contributed by atoms with E-state index in [0.717, 1.165) is 16.3 Å². The Morgan fingerprint density at radius 3 is 2.52 bits per heavy atom. The molecule has 116 valence electrons. The Morgan fingerprint density at radius 2 is 1.78 bits per heavy atom. The highest BCUT2D eigenvalue weighted by atomic mass is 16.5. The van der Waals surface area contributed by atoms with Gasteiger partial charge in [0.1, 0.15) is 12.4 Å². The minimum atomic E-state index is 0.113. The van der Waals surface area contributed by atoms with Gasteiger partial charge in [-0.25, -0.2) is 0 Å². The summed E-state index contributed by atoms with van der Waals surface area (Å²) in [5.41, 5.74) is 2.97. The minimum Gasteiger partial charge on any atom is -0.488 e. The monoisotopic (exact) mass is 304 g/mol. The van der Waals surface area contributed by atoms with Crippen molar-refractivity contribution in [2.75, 3.05) is 0 Å². The van der Waals surface area contributed by atoms with E-state index in [1.54, 1.807) is 0 Å². The fourth-order valence-corrected chi connectivity index (χ4v) is 2.75. The Bertz CT molecular complexity index is 835. The first-order chi connectivity index (χ1) is 11.2. The summed E-state index contributed by atoms with van der Waals surface area (Å²) in [6.45, 7) is 4.40. The third-order valence-electron chi connectivity index (χ3n) is 3.97. The molecule has 0 saturated carbocycles. The molecule has 0 atom stereocenters. The highest BCUT2D eigenvalue weighted by Gasteiger charge is 2.15. The van der Waals surface area contributed by atoms with Gasteiger partial charge in [0.25, 0.3) is 0 Å². The first-order valence-electron chi connectivity index (χ1n) is 7.92. The first-order valence-corrected chi connectivity index (χ1v) is 7.92. The highest BCUT2D eigenvalue weighted by Crippen LogP contribution is 2.30. The van der Waals surface area contributed by atoms with Gasteiger partial charge in [0.05, 0.1) is 5.56 Å². The van der Waals surface area contributed by atoms with Crippen LogP contribution in [0.3, 0.4) is 0 Å². The van der Waals surface area contributed by atoms with Crippen LogP contribution in [0.4, 0.5) is 0 Å². The average molecular weight is 304 g/mol. The largest absolute Gasteiger partial charge is 0.488 e. The lowest BCUT2D eigenvalue weighted by atomic mass is 9.97. The third-order valence-corrected chi connectivity index (χ3v) is 3.97. The van der Waals surface area contributed by atoms with Crippen LogP contribution in [0.2, 0.25) is 0 Å². The van der Waals surface area contributed by atoms with Gasteiger partial charge in [0, 0.05) is 6.42 Å². The van der Waals surface area contributed by atoms with Crippen LogP contribution in [-0.2, 0) is 6.61 Å². The van der Waals surface area contributed by atoms with Gasteiger partial charge in [-0.2, -0.15) is 0 Å². The van der Waals surface area contributed by atoms with E-state index in [1.165, 1.54) is 5.56 Å². The molecular weight excluding hydrogens is 284 g/mol. The van der Waals surface area contributed by atoms with Crippen molar-refractivity contribution in [3.63, 3.8) is 0 Å². The lowest BCUT2D eigenvalue weighted by Crippen LogP contribution is -2.04. The van der Waals surface area contributed by atoms with E-state index in [4.69, 9.17) is 4.74 Å². The van der Waals surface area contributed by atoms with Gasteiger partial charge in [0.2, 0.25) is 0 Å². The Balaban J connectivity index is 2.02. The van der Waals surface area contributed by atoms with Crippen LogP contribution in [0, 0.1) is 6.92 Å². The fourth-order valence-electron chi connectivity index (χ4n) is 2.75. The maximum atomic E-state index is 12.5. The number of fused-ring (bicyclic) bond motifs is 1. The number of carbonyl (C=O) groups excluding carboxylic acids is 1. The lowest BCUT2D eigenvalue weighted by Gasteiger charge is -2.13. The molecule has 0 spiro atoms. The maximum absolute atomic E-state index is 12.5. The summed E-state index contributed by atoms with van der Waals surface area (Å²) in [5.74, 6) is 0.777. The van der Waals surface area contributed by atoms with Crippen molar-refractivity contribution in [3.8, 4) is 5.75 Å². The molecule has 3 aromatic rings. The molecule has 0 heterocycles. The highest BCUT2D eigenvalue weighted by molar-refractivity contribution is 6.10. The number of hydrogen-bond acceptors (Lipinski definition) is 2. The fraction of sp³-hybridized carbons (Fsp3) is 0.190. The second-order valence-electron chi connectivity index (χ2n) is 5.71. The van der Waals surface area contributed by atoms with E-state index in [2.05, 4.69) is 13.0 Å². The molecule has 0 bridgehead atoms. The van der Waals surface area contributed by atoms with Crippen LogP contribution in [0.25, 0.3) is 10.8 Å². The molecular formula is C21H20O2. The molecule has 0 aliphatic rings. The number of Topliss-reactive ketones (excluding diaryl/α,β-unsaturated/α-hetero) is 1. The summed E-state index contributed by atoms with van der Waals surface area (Å²) in [7, 11) is 0. The Labute approximate surface area is 136 Å². The molecule has 2 heteroatoms. The summed E-state index contributed by atoms with van der Waals surface area (Å²) in [6, 6.07) is 20.1. The maximum Gasteiger partial charge on any atom is 0.166 e. The lowest BCUT2D eigenvalue weighted by molar-refractivity contribution is 0.0985. The zero-order valence-corrected chi connectivity index (χ0v) is 13.5. The Morgan fingerprint density at radius 1 is 1.00 bits per heavy atom. The summed E-state index contributed by atoms with van der Waals surface area (Å²) < 4.78 is 5.96. The molecule has 0 radical (unpaired) electrons. The van der Waals surface area contributed by atoms with Crippen LogP contribution in [0.15, 0.2) is 60.7 Å². The molecule has 0 aliphatic carbocycles. The van der Waals surface area contributed by atoms with Gasteiger partial charge >= 0.3 is 0 Å². The number of ether oxygens (including phenoxy) is 1. The predicted octanol–water partition coefficient (Wildman–Crippen LogP) is 5.32. The van der Waals surface area contributed by atoms with Crippen molar-refractivity contribution in [2.24, 2.45) is 0 Å². The average Bonchev–Trinajstić information content (AvgIpc) is 2.59. The van der Waals surface area contributed by atoms with Crippen molar-refractivity contribution in [1.82, 2.24) is 0 Å². The van der Waals surface area contributed by atoms with E-state index >= 15 is 0 Å². The summed E-state index contributed by atoms with van der Waals surface area (Å²) >= 11 is 0. The number of ketones is 1. The summed E-state index contributed by atoms with van der Waals surface area (Å²) in [4.78, 5) is 12.5. The van der Waals surface area contributed by atoms with Crippen molar-refractivity contribution < 1.29 is 9.53 Å². The molecule has 23 heavy (non-hydrogen) atoms. The van der Waals surface area contributed by atoms with Crippen LogP contribution in [0.5, 0.6) is 5.75 Å². The molecule has 0 amide bonds. The zero-order chi connectivity index (χ0) is 16.2. The molecule has 0 saturated heterocycles. The minimum absolute atomic E-state index is 0.113. The molecule has 0 fully saturated rings. The van der Waals surface area contributed by atoms with E-state index in [0.29, 0.717) is 24.3 Å². The molecule has 0 unspecified atom stereocenters. The van der Waals surface area contributed by atoms with Crippen molar-refractivity contribution in [1.29, 1.82) is 0 Å². The van der Waals surface area contributed by atoms with Crippen LogP contribution >= 0.6 is 0 Å². The number of carbonyl (C=O) groups is 1. The summed E-state index contributed by atoms with van der Waals surface area (Å²) in [5, 5.41) is 2.04. The van der Waals surface area contributed by atoms with Gasteiger partial charge in [-0.3, -0.25) is 4.79 Å². The second kappa shape index (κ2) is 6.66. The van der Waals surface area contributed by atoms with Gasteiger partial charge in [-0.05, 0) is 29.3 Å². The molecule has 3 aromatic carbocycles. The Hall–Kier alpha value is -2.61. The van der Waals surface area contributed by atoms with E-state index in [1.807, 2.05) is 61.5 Å². The number of aryl methyl sites for hydroxylation is 1. The van der Waals surface area contributed by atoms with Gasteiger partial charge in [-0.1, -0.05) is 67.1 Å². The van der Waals surface area contributed by atoms with Crippen LogP contribution in [0.1, 0.15) is 34.8 Å². The molecule has 3 rings (SSSR count). The first kappa shape index (κ1) is 15.3. The predicted molar refractivity (Wildman–Crippen MR) is 94.1 cm³/mol. The van der Waals surface area contributed by atoms with Crippen molar-refractivity contribution in [3.05, 3.63) is 77.4 Å². The van der Waals surface area contributed by atoms with Crippen molar-refractivity contribution in [2.45, 2.75) is 26.9 Å². The van der Waals surface area contributed by atoms with Gasteiger partial charge in [-0.15, -0.1) is 0 Å². The van der Waals surface area contributed by atoms with E-state index in [9.17, 15) is 4.79 Å². The quantitative estimate of drug-likeness (QED) is 0.596. The summed E-state index contributed by atoms with van der Waals surface area (Å²) in [6.07, 6.45) is 0.467. The molecule has 0 aliphatic heterocycles. The topological polar surface area (TPSA) is 26.3 Å². The van der Waals surface area contributed by atoms with Gasteiger partial charge < -0.3 is 4.74 Å². The number of benzene rings is 3. The molecule has 2 nitrogen and oxygen atoms in total. The van der Waals surface area contributed by atoms with E-state index < -0.39 is 0 Å². The van der Waals surface area contributed by atoms with Crippen LogP contribution in [-0.4, -0.2) is 5.78 Å². The molecule has 0 N–H and O–H groups in total. The molecule has 0 aromatic heterocycles. The standard InChI is InChI=1S/C21H20O2/c1-3-19(22)21-18-11-9-15(2)13-17(18)10-12-20(21)23-14-16-7-5-4-6-8-16/h4-13H,3,14H2,1-2H3. The van der Waals surface area contributed by atoms with Crippen molar-refractivity contribution >= 4 is 16.6 Å². The SMILES string of the molecule is CCC(=O)c1c(OCc2ccccc2)ccc2cc(C)ccc12. The normalized spacial score (nSPS) is 10.7.